The maximum absolute atomic E-state index is 4.53. The van der Waals surface area contributed by atoms with E-state index in [1.807, 2.05) is 12.3 Å². The minimum Gasteiger partial charge on any atom is -0.256 e. The molecule has 0 unspecified atom stereocenters. The first-order valence-corrected chi connectivity index (χ1v) is 8.68. The Morgan fingerprint density at radius 2 is 1.72 bits per heavy atom. The smallest absolute Gasteiger partial charge is 0.212 e. The van der Waals surface area contributed by atoms with Crippen LogP contribution in [-0.4, -0.2) is 4.98 Å². The van der Waals surface area contributed by atoms with Gasteiger partial charge in [0.2, 0.25) is 5.69 Å². The molecule has 2 heteroatoms. The fourth-order valence-electron chi connectivity index (χ4n) is 4.17. The van der Waals surface area contributed by atoms with Gasteiger partial charge in [0.05, 0.1) is 11.1 Å². The molecular weight excluding hydrogens is 304 g/mol. The van der Waals surface area contributed by atoms with E-state index in [1.165, 1.54) is 44.5 Å². The lowest BCUT2D eigenvalue weighted by atomic mass is 9.94. The van der Waals surface area contributed by atoms with Crippen LogP contribution in [0.25, 0.3) is 33.3 Å². The molecular formula is C23H19N2+. The summed E-state index contributed by atoms with van der Waals surface area (Å²) in [6.45, 7) is 2.21. The molecule has 0 amide bonds. The van der Waals surface area contributed by atoms with E-state index in [4.69, 9.17) is 0 Å². The van der Waals surface area contributed by atoms with E-state index in [0.29, 0.717) is 0 Å². The molecule has 0 N–H and O–H groups in total. The quantitative estimate of drug-likeness (QED) is 0.412. The average Bonchev–Trinajstić information content (AvgIpc) is 3.01. The molecule has 2 aromatic heterocycles. The summed E-state index contributed by atoms with van der Waals surface area (Å²) in [4.78, 5) is 4.53. The molecule has 25 heavy (non-hydrogen) atoms. The minimum atomic E-state index is 0.972. The van der Waals surface area contributed by atoms with Crippen molar-refractivity contribution < 1.29 is 4.57 Å². The first-order valence-electron chi connectivity index (χ1n) is 8.68. The monoisotopic (exact) mass is 323 g/mol. The van der Waals surface area contributed by atoms with Gasteiger partial charge in [0.1, 0.15) is 7.05 Å². The molecule has 0 saturated heterocycles. The van der Waals surface area contributed by atoms with E-state index in [9.17, 15) is 0 Å². The number of benzene rings is 2. The molecule has 5 rings (SSSR count). The molecule has 0 atom stereocenters. The lowest BCUT2D eigenvalue weighted by Crippen LogP contribution is -2.30. The average molecular weight is 323 g/mol. The topological polar surface area (TPSA) is 16.8 Å². The summed E-state index contributed by atoms with van der Waals surface area (Å²) >= 11 is 0. The summed E-state index contributed by atoms with van der Waals surface area (Å²) in [5, 5.41) is 1.28. The lowest BCUT2D eigenvalue weighted by Gasteiger charge is -2.10. The zero-order valence-electron chi connectivity index (χ0n) is 14.5. The second-order valence-electron chi connectivity index (χ2n) is 6.82. The highest BCUT2D eigenvalue weighted by Crippen LogP contribution is 2.44. The van der Waals surface area contributed by atoms with Crippen LogP contribution < -0.4 is 4.57 Å². The summed E-state index contributed by atoms with van der Waals surface area (Å²) in [5.41, 5.74) is 10.6. The Morgan fingerprint density at radius 1 is 0.880 bits per heavy atom. The SMILES string of the molecule is Cc1ccc2c(c1-c1cccc[n+]1C)Cc1c-2ccc2ncccc12. The Bertz CT molecular complexity index is 1140. The number of aryl methyl sites for hydroxylation is 2. The van der Waals surface area contributed by atoms with Crippen LogP contribution in [0.3, 0.4) is 0 Å². The molecule has 2 heterocycles. The standard InChI is InChI=1S/C23H19N2/c1-15-8-9-17-16-10-11-21-18(6-5-12-24-21)19(16)14-20(17)23(15)22-7-3-4-13-25(22)2/h3-13H,14H2,1-2H3/q+1. The Balaban J connectivity index is 1.81. The summed E-state index contributed by atoms with van der Waals surface area (Å²) < 4.78 is 2.21. The maximum atomic E-state index is 4.53. The van der Waals surface area contributed by atoms with E-state index < -0.39 is 0 Å². The van der Waals surface area contributed by atoms with Crippen molar-refractivity contribution in [3.8, 4) is 22.4 Å². The molecule has 0 aliphatic heterocycles. The molecule has 4 aromatic rings. The summed E-state index contributed by atoms with van der Waals surface area (Å²) in [7, 11) is 2.12. The largest absolute Gasteiger partial charge is 0.256 e. The normalized spacial score (nSPS) is 12.2. The maximum Gasteiger partial charge on any atom is 0.212 e. The van der Waals surface area contributed by atoms with Gasteiger partial charge < -0.3 is 0 Å². The number of hydrogen-bond donors (Lipinski definition) is 0. The molecule has 2 nitrogen and oxygen atoms in total. The van der Waals surface area contributed by atoms with Gasteiger partial charge in [-0.25, -0.2) is 4.57 Å². The van der Waals surface area contributed by atoms with Crippen molar-refractivity contribution in [3.05, 3.63) is 83.7 Å². The molecule has 0 bridgehead atoms. The summed E-state index contributed by atoms with van der Waals surface area (Å²) in [6, 6.07) is 19.6. The number of aromatic nitrogens is 2. The number of rotatable bonds is 1. The van der Waals surface area contributed by atoms with E-state index >= 15 is 0 Å². The van der Waals surface area contributed by atoms with Gasteiger partial charge in [-0.15, -0.1) is 0 Å². The van der Waals surface area contributed by atoms with Crippen LogP contribution in [0, 0.1) is 6.92 Å². The van der Waals surface area contributed by atoms with Crippen molar-refractivity contribution in [3.63, 3.8) is 0 Å². The van der Waals surface area contributed by atoms with E-state index in [2.05, 4.69) is 78.3 Å². The van der Waals surface area contributed by atoms with Gasteiger partial charge in [0.25, 0.3) is 0 Å². The Morgan fingerprint density at radius 3 is 2.60 bits per heavy atom. The lowest BCUT2D eigenvalue weighted by molar-refractivity contribution is -0.660. The third-order valence-corrected chi connectivity index (χ3v) is 5.37. The van der Waals surface area contributed by atoms with Crippen LogP contribution >= 0.6 is 0 Å². The van der Waals surface area contributed by atoms with Crippen molar-refractivity contribution in [2.24, 2.45) is 7.05 Å². The highest BCUT2D eigenvalue weighted by atomic mass is 14.9. The highest BCUT2D eigenvalue weighted by molar-refractivity contribution is 5.95. The molecule has 2 aromatic carbocycles. The van der Waals surface area contributed by atoms with Crippen LogP contribution in [-0.2, 0) is 13.5 Å². The molecule has 0 spiro atoms. The molecule has 0 radical (unpaired) electrons. The zero-order chi connectivity index (χ0) is 17.0. The van der Waals surface area contributed by atoms with Crippen LogP contribution in [0.5, 0.6) is 0 Å². The Hall–Kier alpha value is -3.00. The van der Waals surface area contributed by atoms with Gasteiger partial charge in [-0.3, -0.25) is 4.98 Å². The Kier molecular flexibility index (Phi) is 3.01. The van der Waals surface area contributed by atoms with Gasteiger partial charge in [-0.2, -0.15) is 0 Å². The zero-order valence-corrected chi connectivity index (χ0v) is 14.5. The Labute approximate surface area is 147 Å². The molecule has 0 fully saturated rings. The van der Waals surface area contributed by atoms with Crippen molar-refractivity contribution in [1.82, 2.24) is 4.98 Å². The number of nitrogens with zero attached hydrogens (tertiary/aromatic N) is 2. The third kappa shape index (κ3) is 2.04. The molecule has 120 valence electrons. The first kappa shape index (κ1) is 14.4. The number of hydrogen-bond acceptors (Lipinski definition) is 1. The van der Waals surface area contributed by atoms with Gasteiger partial charge in [0, 0.05) is 30.1 Å². The molecule has 0 saturated carbocycles. The first-order chi connectivity index (χ1) is 12.2. The minimum absolute atomic E-state index is 0.972. The van der Waals surface area contributed by atoms with E-state index in [1.54, 1.807) is 0 Å². The second kappa shape index (κ2) is 5.25. The molecule has 1 aliphatic rings. The van der Waals surface area contributed by atoms with Crippen molar-refractivity contribution >= 4 is 10.9 Å². The predicted molar refractivity (Wildman–Crippen MR) is 101 cm³/mol. The predicted octanol–water partition coefficient (Wildman–Crippen LogP) is 4.61. The van der Waals surface area contributed by atoms with Crippen molar-refractivity contribution in [1.29, 1.82) is 0 Å². The van der Waals surface area contributed by atoms with E-state index in [-0.39, 0.29) is 0 Å². The van der Waals surface area contributed by atoms with Gasteiger partial charge in [0.15, 0.2) is 6.20 Å². The molecule has 1 aliphatic carbocycles. The van der Waals surface area contributed by atoms with Crippen LogP contribution in [0.15, 0.2) is 67.0 Å². The summed E-state index contributed by atoms with van der Waals surface area (Å²) in [5.74, 6) is 0. The van der Waals surface area contributed by atoms with Crippen molar-refractivity contribution in [2.45, 2.75) is 13.3 Å². The second-order valence-corrected chi connectivity index (χ2v) is 6.82. The van der Waals surface area contributed by atoms with Gasteiger partial charge in [-0.1, -0.05) is 24.3 Å². The van der Waals surface area contributed by atoms with Crippen molar-refractivity contribution in [2.75, 3.05) is 0 Å². The third-order valence-electron chi connectivity index (χ3n) is 5.37. The van der Waals surface area contributed by atoms with Crippen LogP contribution in [0.2, 0.25) is 0 Å². The number of fused-ring (bicyclic) bond motifs is 5. The van der Waals surface area contributed by atoms with Crippen LogP contribution in [0.4, 0.5) is 0 Å². The van der Waals surface area contributed by atoms with Gasteiger partial charge in [-0.05, 0) is 52.9 Å². The van der Waals surface area contributed by atoms with E-state index in [0.717, 1.165) is 11.9 Å². The van der Waals surface area contributed by atoms with Gasteiger partial charge >= 0.3 is 0 Å². The fourth-order valence-corrected chi connectivity index (χ4v) is 4.17. The summed E-state index contributed by atoms with van der Waals surface area (Å²) in [6.07, 6.45) is 4.96. The number of pyridine rings is 2. The highest BCUT2D eigenvalue weighted by Gasteiger charge is 2.27. The fraction of sp³-hybridized carbons (Fsp3) is 0.130. The van der Waals surface area contributed by atoms with Crippen LogP contribution in [0.1, 0.15) is 16.7 Å².